The summed E-state index contributed by atoms with van der Waals surface area (Å²) in [6.45, 7) is -0.499. The van der Waals surface area contributed by atoms with E-state index in [1.54, 1.807) is 0 Å². The highest BCUT2D eigenvalue weighted by molar-refractivity contribution is 7.80. The highest BCUT2D eigenvalue weighted by atomic mass is 32.1. The van der Waals surface area contributed by atoms with E-state index in [1.165, 1.54) is 0 Å². The van der Waals surface area contributed by atoms with Gasteiger partial charge in [-0.2, -0.15) is 12.6 Å². The van der Waals surface area contributed by atoms with Gasteiger partial charge in [-0.05, 0) is 12.8 Å². The number of hydrogen-bond donors (Lipinski definition) is 6. The Morgan fingerprint density at radius 1 is 1.30 bits per heavy atom. The van der Waals surface area contributed by atoms with Crippen molar-refractivity contribution in [1.29, 1.82) is 0 Å². The lowest BCUT2D eigenvalue weighted by atomic mass is 10.1. The third kappa shape index (κ3) is 7.92. The summed E-state index contributed by atoms with van der Waals surface area (Å²) in [5.41, 5.74) is 5.32. The van der Waals surface area contributed by atoms with Gasteiger partial charge in [-0.25, -0.2) is 0 Å². The molecule has 10 heteroatoms. The van der Waals surface area contributed by atoms with Gasteiger partial charge >= 0.3 is 11.9 Å². The van der Waals surface area contributed by atoms with Crippen molar-refractivity contribution in [1.82, 2.24) is 10.6 Å². The first-order valence-corrected chi connectivity index (χ1v) is 6.70. The van der Waals surface area contributed by atoms with Gasteiger partial charge in [-0.3, -0.25) is 14.4 Å². The lowest BCUT2D eigenvalue weighted by Gasteiger charge is -2.18. The average Bonchev–Trinajstić information content (AvgIpc) is 2.38. The predicted octanol–water partition coefficient (Wildman–Crippen LogP) is -1.41. The van der Waals surface area contributed by atoms with Crippen molar-refractivity contribution in [3.8, 4) is 0 Å². The van der Waals surface area contributed by atoms with Gasteiger partial charge in [-0.1, -0.05) is 12.2 Å². The van der Waals surface area contributed by atoms with Crippen LogP contribution in [0.2, 0.25) is 0 Å². The highest BCUT2D eigenvalue weighted by Crippen LogP contribution is 1.99. The number of carbonyl (C=O) groups is 3. The van der Waals surface area contributed by atoms with Gasteiger partial charge in [-0.15, -0.1) is 0 Å². The Morgan fingerprint density at radius 3 is 2.35 bits per heavy atom. The summed E-state index contributed by atoms with van der Waals surface area (Å²) in [6.07, 6.45) is 0.344. The second kappa shape index (κ2) is 9.50. The van der Waals surface area contributed by atoms with Crippen LogP contribution in [0.4, 0.5) is 0 Å². The van der Waals surface area contributed by atoms with Crippen LogP contribution >= 0.6 is 24.8 Å². The molecule has 0 heterocycles. The van der Waals surface area contributed by atoms with E-state index in [9.17, 15) is 14.4 Å². The summed E-state index contributed by atoms with van der Waals surface area (Å²) >= 11 is 8.93. The van der Waals surface area contributed by atoms with Gasteiger partial charge in [0.2, 0.25) is 5.91 Å². The molecule has 0 rings (SSSR count). The number of amides is 1. The number of rotatable bonds is 9. The quantitative estimate of drug-likeness (QED) is 0.225. The van der Waals surface area contributed by atoms with E-state index in [-0.39, 0.29) is 23.6 Å². The fraction of sp³-hybridized carbons (Fsp3) is 0.600. The molecule has 6 N–H and O–H groups in total. The molecule has 0 radical (unpaired) electrons. The molecule has 0 aliphatic carbocycles. The Hall–Kier alpha value is -1.39. The molecule has 0 unspecified atom stereocenters. The van der Waals surface area contributed by atoms with Crippen LogP contribution in [0.5, 0.6) is 0 Å². The summed E-state index contributed by atoms with van der Waals surface area (Å²) in [6, 6.07) is -1.81. The highest BCUT2D eigenvalue weighted by Gasteiger charge is 2.19. The van der Waals surface area contributed by atoms with Gasteiger partial charge < -0.3 is 26.6 Å². The second-order valence-electron chi connectivity index (χ2n) is 3.90. The van der Waals surface area contributed by atoms with Crippen molar-refractivity contribution in [2.24, 2.45) is 5.73 Å². The molecule has 0 aromatic rings. The topological polar surface area (TPSA) is 142 Å². The lowest BCUT2D eigenvalue weighted by molar-refractivity contribution is -0.139. The molecule has 0 spiro atoms. The van der Waals surface area contributed by atoms with Gasteiger partial charge in [0.05, 0.1) is 4.99 Å². The molecule has 0 aliphatic heterocycles. The molecule has 2 atom stereocenters. The van der Waals surface area contributed by atoms with Gasteiger partial charge in [0.25, 0.3) is 0 Å². The molecular formula is C10H17N3O5S2. The van der Waals surface area contributed by atoms with Crippen molar-refractivity contribution in [3.05, 3.63) is 0 Å². The first-order valence-electron chi connectivity index (χ1n) is 5.66. The lowest BCUT2D eigenvalue weighted by Crippen LogP contribution is -2.48. The Balaban J connectivity index is 4.21. The largest absolute Gasteiger partial charge is 0.480 e. The third-order valence-electron chi connectivity index (χ3n) is 2.25. The number of carboxylic acid groups (broad SMARTS) is 2. The van der Waals surface area contributed by atoms with Gasteiger partial charge in [0.15, 0.2) is 0 Å². The molecule has 0 fully saturated rings. The molecule has 1 amide bonds. The zero-order valence-electron chi connectivity index (χ0n) is 10.5. The van der Waals surface area contributed by atoms with Crippen LogP contribution in [0.15, 0.2) is 0 Å². The van der Waals surface area contributed by atoms with E-state index >= 15 is 0 Å². The first kappa shape index (κ1) is 18.6. The molecule has 0 bridgehead atoms. The molecular weight excluding hydrogens is 306 g/mol. The first-order chi connectivity index (χ1) is 9.27. The van der Waals surface area contributed by atoms with E-state index < -0.39 is 36.5 Å². The van der Waals surface area contributed by atoms with Crippen molar-refractivity contribution in [3.63, 3.8) is 0 Å². The average molecular weight is 323 g/mol. The van der Waals surface area contributed by atoms with E-state index in [4.69, 9.17) is 28.2 Å². The SMILES string of the molecule is N[C@@H](CCC(=S)N[C@@H](CS)C(=O)NCC(=O)O)C(=O)O. The Kier molecular flexibility index (Phi) is 8.84. The van der Waals surface area contributed by atoms with Crippen LogP contribution in [0, 0.1) is 0 Å². The van der Waals surface area contributed by atoms with Crippen LogP contribution in [0.1, 0.15) is 12.8 Å². The fourth-order valence-electron chi connectivity index (χ4n) is 1.16. The minimum Gasteiger partial charge on any atom is -0.480 e. The fourth-order valence-corrected chi connectivity index (χ4v) is 1.67. The van der Waals surface area contributed by atoms with Crippen molar-refractivity contribution >= 4 is 47.7 Å². The van der Waals surface area contributed by atoms with Gasteiger partial charge in [0.1, 0.15) is 18.6 Å². The zero-order chi connectivity index (χ0) is 15.7. The molecule has 0 aromatic carbocycles. The smallest absolute Gasteiger partial charge is 0.322 e. The molecule has 20 heavy (non-hydrogen) atoms. The number of aliphatic carboxylic acids is 2. The molecule has 0 aromatic heterocycles. The van der Waals surface area contributed by atoms with Crippen molar-refractivity contribution < 1.29 is 24.6 Å². The zero-order valence-corrected chi connectivity index (χ0v) is 12.2. The van der Waals surface area contributed by atoms with E-state index in [1.807, 2.05) is 0 Å². The van der Waals surface area contributed by atoms with Crippen molar-refractivity contribution in [2.75, 3.05) is 12.3 Å². The monoisotopic (exact) mass is 323 g/mol. The summed E-state index contributed by atoms with van der Waals surface area (Å²) in [5.74, 6) is -2.73. The van der Waals surface area contributed by atoms with E-state index in [0.717, 1.165) is 0 Å². The summed E-state index contributed by atoms with van der Waals surface area (Å²) < 4.78 is 0. The number of thiocarbonyl (C=S) groups is 1. The molecule has 114 valence electrons. The summed E-state index contributed by atoms with van der Waals surface area (Å²) in [7, 11) is 0. The van der Waals surface area contributed by atoms with Crippen LogP contribution < -0.4 is 16.4 Å². The second-order valence-corrected chi connectivity index (χ2v) is 4.76. The van der Waals surface area contributed by atoms with Crippen LogP contribution in [0.3, 0.4) is 0 Å². The number of hydrogen-bond acceptors (Lipinski definition) is 6. The number of thiol groups is 1. The third-order valence-corrected chi connectivity index (χ3v) is 2.93. The molecule has 8 nitrogen and oxygen atoms in total. The standard InChI is InChI=1S/C10H17N3O5S2/c11-5(10(17)18)1-2-7(20)13-6(4-19)9(16)12-3-8(14)15/h5-6,19H,1-4,11H2,(H,12,16)(H,13,20)(H,14,15)(H,17,18)/t5-,6-/m0/s1. The normalized spacial score (nSPS) is 13.1. The molecule has 0 saturated heterocycles. The maximum atomic E-state index is 11.6. The number of nitrogens with two attached hydrogens (primary N) is 1. The summed E-state index contributed by atoms with van der Waals surface area (Å²) in [4.78, 5) is 32.7. The minimum atomic E-state index is -1.16. The maximum Gasteiger partial charge on any atom is 0.322 e. The van der Waals surface area contributed by atoms with Crippen LogP contribution in [-0.4, -0.2) is 57.4 Å². The van der Waals surface area contributed by atoms with Crippen molar-refractivity contribution in [2.45, 2.75) is 24.9 Å². The Labute approximate surface area is 126 Å². The number of carboxylic acids is 2. The Bertz CT molecular complexity index is 391. The molecule has 0 saturated carbocycles. The van der Waals surface area contributed by atoms with E-state index in [2.05, 4.69) is 23.3 Å². The Morgan fingerprint density at radius 2 is 1.90 bits per heavy atom. The van der Waals surface area contributed by atoms with Gasteiger partial charge in [0, 0.05) is 5.75 Å². The maximum absolute atomic E-state index is 11.6. The summed E-state index contributed by atoms with van der Waals surface area (Å²) in [5, 5.41) is 21.9. The predicted molar refractivity (Wildman–Crippen MR) is 78.9 cm³/mol. The van der Waals surface area contributed by atoms with Crippen LogP contribution in [0.25, 0.3) is 0 Å². The van der Waals surface area contributed by atoms with E-state index in [0.29, 0.717) is 0 Å². The number of carbonyl (C=O) groups excluding carboxylic acids is 1. The molecule has 0 aliphatic rings. The number of nitrogens with one attached hydrogen (secondary N) is 2. The van der Waals surface area contributed by atoms with Crippen LogP contribution in [-0.2, 0) is 14.4 Å². The minimum absolute atomic E-state index is 0.108.